The molecule has 0 aliphatic heterocycles. The lowest BCUT2D eigenvalue weighted by atomic mass is 9.94. The van der Waals surface area contributed by atoms with Gasteiger partial charge in [-0.1, -0.05) is 27.7 Å². The van der Waals surface area contributed by atoms with E-state index in [1.807, 2.05) is 13.8 Å². The third-order valence-electron chi connectivity index (χ3n) is 2.25. The number of hydrogen-bond acceptors (Lipinski definition) is 2. The first-order valence-corrected chi connectivity index (χ1v) is 6.23. The Balaban J connectivity index is 4.55. The van der Waals surface area contributed by atoms with Crippen molar-refractivity contribution in [2.45, 2.75) is 60.2 Å². The molecule has 15 heavy (non-hydrogen) atoms. The zero-order valence-electron chi connectivity index (χ0n) is 11.3. The first-order valence-electron chi connectivity index (χ1n) is 6.23. The van der Waals surface area contributed by atoms with Crippen LogP contribution in [0.3, 0.4) is 0 Å². The molecular weight excluding hydrogens is 188 g/mol. The van der Waals surface area contributed by atoms with Gasteiger partial charge in [0.1, 0.15) is 0 Å². The molecule has 2 nitrogen and oxygen atoms in total. The molecule has 0 saturated heterocycles. The quantitative estimate of drug-likeness (QED) is 0.574. The van der Waals surface area contributed by atoms with Crippen LogP contribution in [0.25, 0.3) is 0 Å². The second kappa shape index (κ2) is 7.24. The summed E-state index contributed by atoms with van der Waals surface area (Å²) in [5.41, 5.74) is 0. The molecule has 0 unspecified atom stereocenters. The predicted octanol–water partition coefficient (Wildman–Crippen LogP) is 3.85. The van der Waals surface area contributed by atoms with Crippen molar-refractivity contribution in [1.29, 1.82) is 0 Å². The lowest BCUT2D eigenvalue weighted by Gasteiger charge is -2.36. The maximum Gasteiger partial charge on any atom is 0.168 e. The Morgan fingerprint density at radius 2 is 1.13 bits per heavy atom. The molecule has 92 valence electrons. The van der Waals surface area contributed by atoms with Crippen molar-refractivity contribution < 1.29 is 9.47 Å². The van der Waals surface area contributed by atoms with Gasteiger partial charge in [-0.15, -0.1) is 0 Å². The highest BCUT2D eigenvalue weighted by Crippen LogP contribution is 2.30. The van der Waals surface area contributed by atoms with Crippen molar-refractivity contribution in [3.63, 3.8) is 0 Å². The van der Waals surface area contributed by atoms with Crippen LogP contribution in [0.4, 0.5) is 0 Å². The standard InChI is InChI=1S/C13H28O2/c1-7-14-13(15-8-2,9-11(3)4)10-12(5)6/h11-12H,7-10H2,1-6H3. The summed E-state index contributed by atoms with van der Waals surface area (Å²) < 4.78 is 11.7. The smallest absolute Gasteiger partial charge is 0.168 e. The first-order chi connectivity index (χ1) is 6.95. The van der Waals surface area contributed by atoms with Crippen molar-refractivity contribution >= 4 is 0 Å². The average Bonchev–Trinajstić information content (AvgIpc) is 2.01. The number of hydrogen-bond donors (Lipinski definition) is 0. The maximum atomic E-state index is 5.87. The molecule has 0 radical (unpaired) electrons. The van der Waals surface area contributed by atoms with Crippen LogP contribution in [0.5, 0.6) is 0 Å². The van der Waals surface area contributed by atoms with Gasteiger partial charge in [0.05, 0.1) is 0 Å². The van der Waals surface area contributed by atoms with Crippen molar-refractivity contribution in [1.82, 2.24) is 0 Å². The van der Waals surface area contributed by atoms with E-state index in [-0.39, 0.29) is 5.79 Å². The molecule has 0 spiro atoms. The number of ether oxygens (including phenoxy) is 2. The molecule has 0 aliphatic carbocycles. The summed E-state index contributed by atoms with van der Waals surface area (Å²) in [6.07, 6.45) is 1.96. The summed E-state index contributed by atoms with van der Waals surface area (Å²) >= 11 is 0. The molecule has 0 saturated carbocycles. The largest absolute Gasteiger partial charge is 0.350 e. The predicted molar refractivity (Wildman–Crippen MR) is 64.9 cm³/mol. The topological polar surface area (TPSA) is 18.5 Å². The van der Waals surface area contributed by atoms with Crippen LogP contribution in [0.1, 0.15) is 54.4 Å². The van der Waals surface area contributed by atoms with Crippen molar-refractivity contribution in [3.05, 3.63) is 0 Å². The van der Waals surface area contributed by atoms with Crippen LogP contribution in [-0.4, -0.2) is 19.0 Å². The molecule has 0 N–H and O–H groups in total. The van der Waals surface area contributed by atoms with Gasteiger partial charge in [0.25, 0.3) is 0 Å². The molecule has 0 aliphatic rings. The van der Waals surface area contributed by atoms with Gasteiger partial charge < -0.3 is 9.47 Å². The normalized spacial score (nSPS) is 12.8. The summed E-state index contributed by atoms with van der Waals surface area (Å²) in [4.78, 5) is 0. The van der Waals surface area contributed by atoms with Crippen LogP contribution < -0.4 is 0 Å². The molecule has 0 aromatic rings. The first kappa shape index (κ1) is 14.9. The van der Waals surface area contributed by atoms with Crippen LogP contribution in [-0.2, 0) is 9.47 Å². The van der Waals surface area contributed by atoms with E-state index in [1.165, 1.54) is 0 Å². The van der Waals surface area contributed by atoms with Crippen LogP contribution in [0.2, 0.25) is 0 Å². The van der Waals surface area contributed by atoms with E-state index in [0.29, 0.717) is 11.8 Å². The van der Waals surface area contributed by atoms with Crippen LogP contribution in [0.15, 0.2) is 0 Å². The van der Waals surface area contributed by atoms with E-state index in [4.69, 9.17) is 9.47 Å². The van der Waals surface area contributed by atoms with Crippen LogP contribution in [0, 0.1) is 11.8 Å². The molecule has 2 heteroatoms. The van der Waals surface area contributed by atoms with Crippen molar-refractivity contribution in [2.24, 2.45) is 11.8 Å². The van der Waals surface area contributed by atoms with Crippen LogP contribution >= 0.6 is 0 Å². The second-order valence-corrected chi connectivity index (χ2v) is 4.97. The number of rotatable bonds is 8. The van der Waals surface area contributed by atoms with Crippen molar-refractivity contribution in [2.75, 3.05) is 13.2 Å². The highest BCUT2D eigenvalue weighted by atomic mass is 16.7. The summed E-state index contributed by atoms with van der Waals surface area (Å²) in [6.45, 7) is 14.4. The Hall–Kier alpha value is -0.0800. The summed E-state index contributed by atoms with van der Waals surface area (Å²) in [6, 6.07) is 0. The Morgan fingerprint density at radius 1 is 0.800 bits per heavy atom. The van der Waals surface area contributed by atoms with E-state index >= 15 is 0 Å². The lowest BCUT2D eigenvalue weighted by molar-refractivity contribution is -0.249. The zero-order chi connectivity index (χ0) is 11.9. The van der Waals surface area contributed by atoms with Gasteiger partial charge in [0.15, 0.2) is 5.79 Å². The lowest BCUT2D eigenvalue weighted by Crippen LogP contribution is -2.39. The van der Waals surface area contributed by atoms with Gasteiger partial charge in [-0.2, -0.15) is 0 Å². The van der Waals surface area contributed by atoms with E-state index in [0.717, 1.165) is 26.1 Å². The van der Waals surface area contributed by atoms with Crippen molar-refractivity contribution in [3.8, 4) is 0 Å². The average molecular weight is 216 g/mol. The van der Waals surface area contributed by atoms with Gasteiger partial charge in [0.2, 0.25) is 0 Å². The monoisotopic (exact) mass is 216 g/mol. The summed E-state index contributed by atoms with van der Waals surface area (Å²) in [7, 11) is 0. The molecule has 0 bridgehead atoms. The summed E-state index contributed by atoms with van der Waals surface area (Å²) in [5, 5.41) is 0. The highest BCUT2D eigenvalue weighted by molar-refractivity contribution is 4.73. The van der Waals surface area contributed by atoms with Gasteiger partial charge in [0, 0.05) is 26.1 Å². The SMILES string of the molecule is CCOC(CC(C)C)(CC(C)C)OCC. The molecular formula is C13H28O2. The fraction of sp³-hybridized carbons (Fsp3) is 1.00. The molecule has 0 rings (SSSR count). The fourth-order valence-electron chi connectivity index (χ4n) is 2.13. The molecule has 0 amide bonds. The van der Waals surface area contributed by atoms with Gasteiger partial charge >= 0.3 is 0 Å². The third kappa shape index (κ3) is 6.16. The van der Waals surface area contributed by atoms with E-state index in [2.05, 4.69) is 27.7 Å². The minimum absolute atomic E-state index is 0.355. The zero-order valence-corrected chi connectivity index (χ0v) is 11.3. The second-order valence-electron chi connectivity index (χ2n) is 4.97. The molecule has 0 heterocycles. The van der Waals surface area contributed by atoms with E-state index in [9.17, 15) is 0 Å². The highest BCUT2D eigenvalue weighted by Gasteiger charge is 2.32. The minimum atomic E-state index is -0.355. The van der Waals surface area contributed by atoms with Gasteiger partial charge in [-0.05, 0) is 25.7 Å². The molecule has 0 fully saturated rings. The van der Waals surface area contributed by atoms with Gasteiger partial charge in [-0.3, -0.25) is 0 Å². The molecule has 0 atom stereocenters. The Bertz CT molecular complexity index is 135. The van der Waals surface area contributed by atoms with Gasteiger partial charge in [-0.25, -0.2) is 0 Å². The minimum Gasteiger partial charge on any atom is -0.350 e. The third-order valence-corrected chi connectivity index (χ3v) is 2.25. The molecule has 0 aromatic carbocycles. The summed E-state index contributed by atoms with van der Waals surface area (Å²) in [5.74, 6) is 0.843. The molecule has 0 aromatic heterocycles. The Labute approximate surface area is 95.3 Å². The Kier molecular flexibility index (Phi) is 7.20. The fourth-order valence-corrected chi connectivity index (χ4v) is 2.13. The maximum absolute atomic E-state index is 5.87. The van der Waals surface area contributed by atoms with E-state index < -0.39 is 0 Å². The Morgan fingerprint density at radius 3 is 1.33 bits per heavy atom. The van der Waals surface area contributed by atoms with E-state index in [1.54, 1.807) is 0 Å².